The summed E-state index contributed by atoms with van der Waals surface area (Å²) in [6.07, 6.45) is 6.44. The van der Waals surface area contributed by atoms with Gasteiger partial charge in [0.05, 0.1) is 11.4 Å². The molecule has 3 nitrogen and oxygen atoms in total. The van der Waals surface area contributed by atoms with Crippen molar-refractivity contribution >= 4 is 11.4 Å². The molecule has 0 saturated heterocycles. The summed E-state index contributed by atoms with van der Waals surface area (Å²) >= 11 is 0. The van der Waals surface area contributed by atoms with Gasteiger partial charge >= 0.3 is 0 Å². The Labute approximate surface area is 172 Å². The number of hydrogen-bond donors (Lipinski definition) is 1. The molecule has 3 aromatic rings. The van der Waals surface area contributed by atoms with Crippen LogP contribution in [0.15, 0.2) is 84.2 Å². The van der Waals surface area contributed by atoms with Crippen molar-refractivity contribution in [3.8, 4) is 0 Å². The van der Waals surface area contributed by atoms with E-state index >= 15 is 0 Å². The fourth-order valence-electron chi connectivity index (χ4n) is 2.80. The summed E-state index contributed by atoms with van der Waals surface area (Å²) in [5, 5.41) is 4.48. The molecule has 4 heteroatoms. The lowest BCUT2D eigenvalue weighted by Gasteiger charge is -2.04. The SMILES string of the molecule is C/C(=N\Nc1cc[n+](CCCc2ccccc2)cc1)c1ccc(C)cc1.[Br-]. The molecule has 0 bridgehead atoms. The lowest BCUT2D eigenvalue weighted by molar-refractivity contribution is -0.697. The van der Waals surface area contributed by atoms with E-state index in [-0.39, 0.29) is 17.0 Å². The molecule has 1 aromatic heterocycles. The standard InChI is InChI=1S/C23H25N3.BrH/c1-19-10-12-22(13-11-19)20(2)24-25-23-14-17-26(18-15-23)16-6-9-21-7-4-3-5-8-21;/h3-5,7-8,10-15,17-18H,6,9,16H2,1-2H3;1H/b24-20+;. The summed E-state index contributed by atoms with van der Waals surface area (Å²) in [6.45, 7) is 5.12. The summed E-state index contributed by atoms with van der Waals surface area (Å²) in [6, 6.07) is 23.2. The molecular weight excluding hydrogens is 398 g/mol. The molecule has 0 spiro atoms. The molecule has 0 aliphatic carbocycles. The minimum Gasteiger partial charge on any atom is -1.00 e. The topological polar surface area (TPSA) is 28.3 Å². The van der Waals surface area contributed by atoms with Crippen molar-refractivity contribution in [1.82, 2.24) is 0 Å². The third-order valence-corrected chi connectivity index (χ3v) is 4.44. The number of pyridine rings is 1. The van der Waals surface area contributed by atoms with Crippen molar-refractivity contribution in [1.29, 1.82) is 0 Å². The summed E-state index contributed by atoms with van der Waals surface area (Å²) in [7, 11) is 0. The maximum Gasteiger partial charge on any atom is 0.170 e. The van der Waals surface area contributed by atoms with Crippen molar-refractivity contribution in [2.24, 2.45) is 5.10 Å². The maximum absolute atomic E-state index is 4.48. The number of rotatable bonds is 7. The van der Waals surface area contributed by atoms with Gasteiger partial charge in [-0.25, -0.2) is 4.57 Å². The molecule has 0 unspecified atom stereocenters. The number of halogens is 1. The van der Waals surface area contributed by atoms with Gasteiger partial charge in [-0.1, -0.05) is 60.2 Å². The van der Waals surface area contributed by atoms with Gasteiger partial charge in [-0.15, -0.1) is 0 Å². The molecule has 0 fully saturated rings. The first-order valence-electron chi connectivity index (χ1n) is 9.11. The highest BCUT2D eigenvalue weighted by atomic mass is 79.9. The number of anilines is 1. The predicted molar refractivity (Wildman–Crippen MR) is 108 cm³/mol. The number of aryl methyl sites for hydroxylation is 3. The highest BCUT2D eigenvalue weighted by Gasteiger charge is 2.02. The minimum atomic E-state index is 0. The molecule has 140 valence electrons. The van der Waals surface area contributed by atoms with Gasteiger partial charge in [0, 0.05) is 18.6 Å². The van der Waals surface area contributed by atoms with Crippen LogP contribution in [0.3, 0.4) is 0 Å². The van der Waals surface area contributed by atoms with Gasteiger partial charge in [-0.05, 0) is 31.4 Å². The quantitative estimate of drug-likeness (QED) is 0.350. The number of aromatic nitrogens is 1. The van der Waals surface area contributed by atoms with Crippen LogP contribution in [0, 0.1) is 6.92 Å². The Morgan fingerprint density at radius 1 is 0.926 bits per heavy atom. The lowest BCUT2D eigenvalue weighted by Crippen LogP contribution is -3.00. The Kier molecular flexibility index (Phi) is 8.21. The van der Waals surface area contributed by atoms with Crippen molar-refractivity contribution in [3.05, 3.63) is 95.8 Å². The zero-order valence-corrected chi connectivity index (χ0v) is 17.5. The second-order valence-electron chi connectivity index (χ2n) is 6.59. The van der Waals surface area contributed by atoms with Crippen LogP contribution < -0.4 is 27.0 Å². The molecule has 0 saturated carbocycles. The third kappa shape index (κ3) is 6.65. The smallest absolute Gasteiger partial charge is 0.170 e. The zero-order valence-electron chi connectivity index (χ0n) is 15.9. The van der Waals surface area contributed by atoms with Gasteiger partial charge in [-0.2, -0.15) is 5.10 Å². The number of nitrogens with zero attached hydrogens (tertiary/aromatic N) is 2. The van der Waals surface area contributed by atoms with Crippen LogP contribution in [-0.2, 0) is 13.0 Å². The van der Waals surface area contributed by atoms with Crippen molar-refractivity contribution in [2.45, 2.75) is 33.2 Å². The molecule has 3 rings (SSSR count). The Morgan fingerprint density at radius 2 is 1.59 bits per heavy atom. The van der Waals surface area contributed by atoms with E-state index in [1.54, 1.807) is 0 Å². The first-order chi connectivity index (χ1) is 12.7. The molecule has 27 heavy (non-hydrogen) atoms. The molecule has 0 radical (unpaired) electrons. The average molecular weight is 424 g/mol. The third-order valence-electron chi connectivity index (χ3n) is 4.44. The monoisotopic (exact) mass is 423 g/mol. The van der Waals surface area contributed by atoms with E-state index in [1.807, 2.05) is 6.92 Å². The summed E-state index contributed by atoms with van der Waals surface area (Å²) in [4.78, 5) is 0. The van der Waals surface area contributed by atoms with Gasteiger partial charge in [-0.3, -0.25) is 5.43 Å². The fourth-order valence-corrected chi connectivity index (χ4v) is 2.80. The fraction of sp³-hybridized carbons (Fsp3) is 0.217. The van der Waals surface area contributed by atoms with Gasteiger partial charge in [0.25, 0.3) is 0 Å². The number of benzene rings is 2. The van der Waals surface area contributed by atoms with Crippen LogP contribution in [0.2, 0.25) is 0 Å². The van der Waals surface area contributed by atoms with Gasteiger partial charge in [0.1, 0.15) is 6.54 Å². The Hall–Kier alpha value is -2.46. The molecule has 0 amide bonds. The molecule has 0 atom stereocenters. The van der Waals surface area contributed by atoms with E-state index in [9.17, 15) is 0 Å². The molecule has 2 aromatic carbocycles. The predicted octanol–water partition coefficient (Wildman–Crippen LogP) is 1.76. The van der Waals surface area contributed by atoms with E-state index in [0.717, 1.165) is 36.3 Å². The van der Waals surface area contributed by atoms with Crippen LogP contribution >= 0.6 is 0 Å². The Balaban J connectivity index is 0.00000261. The largest absolute Gasteiger partial charge is 1.00 e. The van der Waals surface area contributed by atoms with Crippen molar-refractivity contribution in [2.75, 3.05) is 5.43 Å². The molecule has 0 aliphatic heterocycles. The molecular formula is C23H26BrN3. The van der Waals surface area contributed by atoms with Gasteiger partial charge in [0.15, 0.2) is 12.4 Å². The van der Waals surface area contributed by atoms with Crippen molar-refractivity contribution in [3.63, 3.8) is 0 Å². The molecule has 0 aliphatic rings. The highest BCUT2D eigenvalue weighted by molar-refractivity contribution is 5.99. The normalized spacial score (nSPS) is 11.0. The first kappa shape index (κ1) is 20.8. The Bertz CT molecular complexity index is 841. The van der Waals surface area contributed by atoms with Crippen LogP contribution in [0.25, 0.3) is 0 Å². The van der Waals surface area contributed by atoms with E-state index in [2.05, 4.69) is 101 Å². The summed E-state index contributed by atoms with van der Waals surface area (Å²) < 4.78 is 2.21. The van der Waals surface area contributed by atoms with Crippen LogP contribution in [0.4, 0.5) is 5.69 Å². The number of hydrogen-bond acceptors (Lipinski definition) is 2. The van der Waals surface area contributed by atoms with Crippen LogP contribution in [0.5, 0.6) is 0 Å². The van der Waals surface area contributed by atoms with Gasteiger partial charge < -0.3 is 17.0 Å². The molecule has 1 N–H and O–H groups in total. The van der Waals surface area contributed by atoms with Crippen LogP contribution in [-0.4, -0.2) is 5.71 Å². The second kappa shape index (κ2) is 10.6. The molecule has 1 heterocycles. The first-order valence-corrected chi connectivity index (χ1v) is 9.11. The van der Waals surface area contributed by atoms with Gasteiger partial charge in [0.2, 0.25) is 0 Å². The van der Waals surface area contributed by atoms with E-state index in [0.29, 0.717) is 0 Å². The van der Waals surface area contributed by atoms with Crippen LogP contribution in [0.1, 0.15) is 30.0 Å². The number of nitrogens with one attached hydrogen (secondary N) is 1. The highest BCUT2D eigenvalue weighted by Crippen LogP contribution is 2.07. The summed E-state index contributed by atoms with van der Waals surface area (Å²) in [5.41, 5.74) is 8.90. The second-order valence-corrected chi connectivity index (χ2v) is 6.59. The zero-order chi connectivity index (χ0) is 18.2. The van der Waals surface area contributed by atoms with Crippen molar-refractivity contribution < 1.29 is 21.5 Å². The average Bonchev–Trinajstić information content (AvgIpc) is 2.68. The lowest BCUT2D eigenvalue weighted by atomic mass is 10.1. The minimum absolute atomic E-state index is 0. The van der Waals surface area contributed by atoms with E-state index < -0.39 is 0 Å². The van der Waals surface area contributed by atoms with E-state index in [1.165, 1.54) is 11.1 Å². The maximum atomic E-state index is 4.48. The number of hydrazone groups is 1. The van der Waals surface area contributed by atoms with E-state index in [4.69, 9.17) is 0 Å². The Morgan fingerprint density at radius 3 is 2.26 bits per heavy atom. The summed E-state index contributed by atoms with van der Waals surface area (Å²) in [5.74, 6) is 0.